The summed E-state index contributed by atoms with van der Waals surface area (Å²) in [5, 5.41) is 0.375. The summed E-state index contributed by atoms with van der Waals surface area (Å²) >= 11 is 6.12. The third-order valence-corrected chi connectivity index (χ3v) is 5.90. The van der Waals surface area contributed by atoms with E-state index in [1.165, 1.54) is 36.5 Å². The van der Waals surface area contributed by atoms with Crippen LogP contribution in [0.3, 0.4) is 0 Å². The number of fused-ring (bicyclic) bond motifs is 1. The lowest BCUT2D eigenvalue weighted by atomic mass is 10.0. The third-order valence-electron chi connectivity index (χ3n) is 5.11. The van der Waals surface area contributed by atoms with E-state index >= 15 is 0 Å². The Labute approximate surface area is 200 Å². The summed E-state index contributed by atoms with van der Waals surface area (Å²) in [6.45, 7) is -0.727. The molecule has 0 atom stereocenters. The number of benzene rings is 2. The smallest absolute Gasteiger partial charge is 0.282 e. The van der Waals surface area contributed by atoms with Crippen LogP contribution >= 0.6 is 11.6 Å². The number of sulfonamides is 1. The van der Waals surface area contributed by atoms with E-state index in [9.17, 15) is 35.6 Å². The number of carbonyl (C=O) groups is 1. The molecule has 0 fully saturated rings. The molecule has 4 aromatic rings. The number of aromatic amines is 1. The maximum atomic E-state index is 14.5. The molecule has 2 aromatic carbocycles. The second-order valence-corrected chi connectivity index (χ2v) is 9.73. The molecule has 0 saturated heterocycles. The van der Waals surface area contributed by atoms with Gasteiger partial charge in [0.05, 0.1) is 12.8 Å². The van der Waals surface area contributed by atoms with Crippen LogP contribution < -0.4 is 10.3 Å². The highest BCUT2D eigenvalue weighted by Gasteiger charge is 2.28. The fraction of sp³-hybridized carbons (Fsp3) is 0.0909. The molecule has 13 heteroatoms. The predicted octanol–water partition coefficient (Wildman–Crippen LogP) is 3.94. The molecule has 0 aliphatic rings. The molecule has 35 heavy (non-hydrogen) atoms. The first kappa shape index (κ1) is 24.5. The van der Waals surface area contributed by atoms with Gasteiger partial charge < -0.3 is 9.55 Å². The molecule has 182 valence electrons. The van der Waals surface area contributed by atoms with Gasteiger partial charge in [0.15, 0.2) is 23.3 Å². The number of aromatic nitrogens is 2. The number of H-pyrrole nitrogens is 1. The lowest BCUT2D eigenvalue weighted by Gasteiger charge is -2.13. The van der Waals surface area contributed by atoms with Gasteiger partial charge in [-0.05, 0) is 36.4 Å². The topological polar surface area (TPSA) is 101 Å². The second kappa shape index (κ2) is 8.86. The van der Waals surface area contributed by atoms with Gasteiger partial charge in [-0.1, -0.05) is 11.6 Å². The fourth-order valence-electron chi connectivity index (χ4n) is 3.74. The highest BCUT2D eigenvalue weighted by atomic mass is 35.5. The van der Waals surface area contributed by atoms with Gasteiger partial charge in [0.2, 0.25) is 10.0 Å². The van der Waals surface area contributed by atoms with E-state index in [2.05, 4.69) is 4.98 Å². The van der Waals surface area contributed by atoms with Gasteiger partial charge in [-0.25, -0.2) is 30.7 Å². The predicted molar refractivity (Wildman–Crippen MR) is 121 cm³/mol. The summed E-state index contributed by atoms with van der Waals surface area (Å²) in [7, 11) is -4.11. The number of hydrogen-bond donors (Lipinski definition) is 2. The van der Waals surface area contributed by atoms with E-state index in [4.69, 9.17) is 11.6 Å². The van der Waals surface area contributed by atoms with Crippen molar-refractivity contribution in [1.82, 2.24) is 14.3 Å². The zero-order valence-corrected chi connectivity index (χ0v) is 19.2. The van der Waals surface area contributed by atoms with Gasteiger partial charge in [-0.15, -0.1) is 0 Å². The monoisotopic (exact) mass is 527 g/mol. The van der Waals surface area contributed by atoms with Crippen LogP contribution in [0.2, 0.25) is 5.02 Å². The number of pyridine rings is 1. The van der Waals surface area contributed by atoms with Crippen molar-refractivity contribution in [2.45, 2.75) is 6.54 Å². The van der Waals surface area contributed by atoms with E-state index in [1.54, 1.807) is 4.72 Å². The molecule has 0 radical (unpaired) electrons. The third kappa shape index (κ3) is 4.54. The standard InChI is InChI=1S/C22H14ClF4N3O4S/c1-35(33,34)29-22(32)20-16(12-3-2-6-28-21(12)31)13-8-11(23)4-5-15(13)30(20)9-10-7-14(24)18(26)19(27)17(10)25/h2-8H,9H2,1H3,(H,28,31)(H,29,32). The number of halogens is 5. The Morgan fingerprint density at radius 3 is 2.46 bits per heavy atom. The molecule has 0 saturated carbocycles. The van der Waals surface area contributed by atoms with Crippen molar-refractivity contribution in [2.24, 2.45) is 0 Å². The minimum absolute atomic E-state index is 0.0610. The molecule has 0 bridgehead atoms. The summed E-state index contributed by atoms with van der Waals surface area (Å²) in [6.07, 6.45) is 2.04. The molecule has 1 amide bonds. The number of nitrogens with one attached hydrogen (secondary N) is 2. The number of hydrogen-bond acceptors (Lipinski definition) is 4. The lowest BCUT2D eigenvalue weighted by molar-refractivity contribution is 0.0974. The SMILES string of the molecule is CS(=O)(=O)NC(=O)c1c(-c2ccc[nH]c2=O)c2cc(Cl)ccc2n1Cc1cc(F)c(F)c(F)c1F. The van der Waals surface area contributed by atoms with Crippen LogP contribution in [0.4, 0.5) is 17.6 Å². The molecule has 0 aliphatic carbocycles. The highest BCUT2D eigenvalue weighted by molar-refractivity contribution is 7.89. The van der Waals surface area contributed by atoms with E-state index in [-0.39, 0.29) is 27.1 Å². The van der Waals surface area contributed by atoms with Crippen molar-refractivity contribution < 1.29 is 30.8 Å². The molecular weight excluding hydrogens is 514 g/mol. The highest BCUT2D eigenvalue weighted by Crippen LogP contribution is 2.36. The lowest BCUT2D eigenvalue weighted by Crippen LogP contribution is -2.32. The van der Waals surface area contributed by atoms with Crippen LogP contribution in [0.5, 0.6) is 0 Å². The van der Waals surface area contributed by atoms with Gasteiger partial charge in [-0.3, -0.25) is 9.59 Å². The van der Waals surface area contributed by atoms with Crippen LogP contribution in [0.15, 0.2) is 47.4 Å². The van der Waals surface area contributed by atoms with Crippen LogP contribution in [0.1, 0.15) is 16.1 Å². The minimum Gasteiger partial charge on any atom is -0.331 e. The van der Waals surface area contributed by atoms with E-state index < -0.39 is 62.6 Å². The number of amides is 1. The second-order valence-electron chi connectivity index (χ2n) is 7.55. The first-order valence-electron chi connectivity index (χ1n) is 9.73. The van der Waals surface area contributed by atoms with Gasteiger partial charge in [-0.2, -0.15) is 0 Å². The number of rotatable bonds is 5. The summed E-state index contributed by atoms with van der Waals surface area (Å²) in [4.78, 5) is 28.2. The first-order valence-corrected chi connectivity index (χ1v) is 12.0. The van der Waals surface area contributed by atoms with Crippen molar-refractivity contribution in [1.29, 1.82) is 0 Å². The molecule has 4 rings (SSSR count). The summed E-state index contributed by atoms with van der Waals surface area (Å²) in [6, 6.07) is 7.40. The van der Waals surface area contributed by atoms with Crippen molar-refractivity contribution >= 4 is 38.4 Å². The Bertz CT molecular complexity index is 1680. The van der Waals surface area contributed by atoms with Gasteiger partial charge in [0.25, 0.3) is 11.5 Å². The van der Waals surface area contributed by atoms with Crippen molar-refractivity contribution in [3.8, 4) is 11.1 Å². The maximum Gasteiger partial charge on any atom is 0.282 e. The Balaban J connectivity index is 2.11. The normalized spacial score (nSPS) is 11.7. The van der Waals surface area contributed by atoms with E-state index in [0.29, 0.717) is 12.3 Å². The van der Waals surface area contributed by atoms with Gasteiger partial charge in [0, 0.05) is 38.8 Å². The molecule has 2 N–H and O–H groups in total. The van der Waals surface area contributed by atoms with Crippen molar-refractivity contribution in [2.75, 3.05) is 6.26 Å². The summed E-state index contributed by atoms with van der Waals surface area (Å²) in [5.74, 6) is -8.64. The average Bonchev–Trinajstić information content (AvgIpc) is 3.08. The Hall–Kier alpha value is -3.64. The van der Waals surface area contributed by atoms with Crippen LogP contribution in [0, 0.1) is 23.3 Å². The molecule has 2 aromatic heterocycles. The molecule has 0 aliphatic heterocycles. The quantitative estimate of drug-likeness (QED) is 0.233. The van der Waals surface area contributed by atoms with Gasteiger partial charge >= 0.3 is 0 Å². The Morgan fingerprint density at radius 2 is 1.80 bits per heavy atom. The molecule has 0 spiro atoms. The van der Waals surface area contributed by atoms with Gasteiger partial charge in [0.1, 0.15) is 5.69 Å². The Morgan fingerprint density at radius 1 is 1.09 bits per heavy atom. The molecule has 2 heterocycles. The zero-order chi connectivity index (χ0) is 25.7. The first-order chi connectivity index (χ1) is 16.4. The average molecular weight is 528 g/mol. The van der Waals surface area contributed by atoms with Crippen molar-refractivity contribution in [3.63, 3.8) is 0 Å². The Kier molecular flexibility index (Phi) is 6.20. The van der Waals surface area contributed by atoms with E-state index in [0.717, 1.165) is 4.57 Å². The number of carbonyl (C=O) groups excluding carboxylic acids is 1. The fourth-order valence-corrected chi connectivity index (χ4v) is 4.35. The summed E-state index contributed by atoms with van der Waals surface area (Å²) < 4.78 is 82.3. The van der Waals surface area contributed by atoms with E-state index in [1.807, 2.05) is 0 Å². The summed E-state index contributed by atoms with van der Waals surface area (Å²) in [5.41, 5.74) is -1.73. The molecular formula is C22H14ClF4N3O4S. The molecule has 0 unspecified atom stereocenters. The minimum atomic E-state index is -4.11. The zero-order valence-electron chi connectivity index (χ0n) is 17.6. The van der Waals surface area contributed by atoms with Crippen molar-refractivity contribution in [3.05, 3.63) is 92.5 Å². The largest absolute Gasteiger partial charge is 0.331 e. The molecule has 7 nitrogen and oxygen atoms in total. The number of nitrogens with zero attached hydrogens (tertiary/aromatic N) is 1. The van der Waals surface area contributed by atoms with Crippen LogP contribution in [-0.4, -0.2) is 30.1 Å². The maximum absolute atomic E-state index is 14.5. The van der Waals surface area contributed by atoms with Crippen LogP contribution in [-0.2, 0) is 16.6 Å². The van der Waals surface area contributed by atoms with Crippen LogP contribution in [0.25, 0.3) is 22.0 Å².